The molecule has 3 unspecified atom stereocenters. The average molecular weight is 353 g/mol. The number of nitrogens with one attached hydrogen (secondary N) is 2. The zero-order valence-corrected chi connectivity index (χ0v) is 14.9. The minimum atomic E-state index is -0.359. The lowest BCUT2D eigenvalue weighted by Crippen LogP contribution is -2.39. The van der Waals surface area contributed by atoms with Crippen LogP contribution >= 0.6 is 12.4 Å². The minimum Gasteiger partial charge on any atom is -0.465 e. The maximum atomic E-state index is 12.5. The van der Waals surface area contributed by atoms with Crippen LogP contribution in [0.3, 0.4) is 0 Å². The Morgan fingerprint density at radius 3 is 2.67 bits per heavy atom. The van der Waals surface area contributed by atoms with E-state index in [1.165, 1.54) is 32.8 Å². The number of carbonyl (C=O) groups excluding carboxylic acids is 2. The summed E-state index contributed by atoms with van der Waals surface area (Å²) in [4.78, 5) is 24.1. The number of benzene rings is 1. The van der Waals surface area contributed by atoms with Crippen LogP contribution < -0.4 is 10.6 Å². The molecule has 0 spiro atoms. The molecule has 1 aromatic carbocycles. The van der Waals surface area contributed by atoms with Crippen molar-refractivity contribution in [1.29, 1.82) is 0 Å². The quantitative estimate of drug-likeness (QED) is 0.820. The summed E-state index contributed by atoms with van der Waals surface area (Å²) in [7, 11) is 1.36. The number of esters is 1. The summed E-state index contributed by atoms with van der Waals surface area (Å²) in [6.45, 7) is 1.84. The van der Waals surface area contributed by atoms with Gasteiger partial charge in [0.1, 0.15) is 0 Å². The number of hydrogen-bond acceptors (Lipinski definition) is 4. The van der Waals surface area contributed by atoms with E-state index in [-0.39, 0.29) is 30.3 Å². The van der Waals surface area contributed by atoms with Crippen molar-refractivity contribution in [2.75, 3.05) is 12.4 Å². The number of halogens is 1. The van der Waals surface area contributed by atoms with Crippen LogP contribution in [0.15, 0.2) is 18.2 Å². The fraction of sp³-hybridized carbons (Fsp3) is 0.556. The van der Waals surface area contributed by atoms with E-state index < -0.39 is 0 Å². The van der Waals surface area contributed by atoms with Gasteiger partial charge in [-0.1, -0.05) is 12.8 Å². The van der Waals surface area contributed by atoms with Crippen molar-refractivity contribution < 1.29 is 14.3 Å². The van der Waals surface area contributed by atoms with Crippen LogP contribution in [-0.4, -0.2) is 31.1 Å². The topological polar surface area (TPSA) is 67.4 Å². The molecule has 2 N–H and O–H groups in total. The van der Waals surface area contributed by atoms with E-state index in [4.69, 9.17) is 4.74 Å². The molecule has 3 atom stereocenters. The molecule has 1 aliphatic carbocycles. The lowest BCUT2D eigenvalue weighted by molar-refractivity contribution is -0.117. The summed E-state index contributed by atoms with van der Waals surface area (Å²) in [5.41, 5.74) is 2.04. The molecule has 0 bridgehead atoms. The predicted octanol–water partition coefficient (Wildman–Crippen LogP) is 3.06. The van der Waals surface area contributed by atoms with Crippen LogP contribution in [-0.2, 0) is 9.53 Å². The molecule has 6 heteroatoms. The second kappa shape index (κ2) is 7.99. The molecule has 24 heavy (non-hydrogen) atoms. The van der Waals surface area contributed by atoms with Gasteiger partial charge in [0.2, 0.25) is 5.91 Å². The molecule has 2 fully saturated rings. The predicted molar refractivity (Wildman–Crippen MR) is 95.7 cm³/mol. The Morgan fingerprint density at radius 2 is 2.00 bits per heavy atom. The molecule has 1 amide bonds. The molecule has 1 saturated heterocycles. The molecular formula is C18H25ClN2O3. The third-order valence-corrected chi connectivity index (χ3v) is 5.08. The smallest absolute Gasteiger partial charge is 0.338 e. The van der Waals surface area contributed by atoms with Gasteiger partial charge in [-0.3, -0.25) is 4.79 Å². The first-order valence-corrected chi connectivity index (χ1v) is 8.34. The number of carbonyl (C=O) groups is 2. The van der Waals surface area contributed by atoms with Gasteiger partial charge >= 0.3 is 5.97 Å². The summed E-state index contributed by atoms with van der Waals surface area (Å²) in [5.74, 6) is 0.300. The summed E-state index contributed by atoms with van der Waals surface area (Å²) >= 11 is 0. The number of methoxy groups -OCH3 is 1. The van der Waals surface area contributed by atoms with Gasteiger partial charge < -0.3 is 15.4 Å². The molecule has 132 valence electrons. The highest BCUT2D eigenvalue weighted by Gasteiger charge is 2.38. The zero-order valence-electron chi connectivity index (χ0n) is 14.1. The average Bonchev–Trinajstić information content (AvgIpc) is 2.98. The highest BCUT2D eigenvalue weighted by Crippen LogP contribution is 2.33. The van der Waals surface area contributed by atoms with Crippen molar-refractivity contribution in [3.63, 3.8) is 0 Å². The third kappa shape index (κ3) is 3.90. The second-order valence-electron chi connectivity index (χ2n) is 6.62. The standard InChI is InChI=1S/C18H24N2O3.ClH/c1-11-9-13(7-8-14(11)18(22)23-2)19-17(21)16-10-12-5-3-4-6-15(12)20-16;/h7-9,12,15-16,20H,3-6,10H2,1-2H3,(H,19,21);1H. The lowest BCUT2D eigenvalue weighted by Gasteiger charge is -2.24. The molecule has 3 rings (SSSR count). The fourth-order valence-corrected chi connectivity index (χ4v) is 3.83. The van der Waals surface area contributed by atoms with E-state index in [1.54, 1.807) is 12.1 Å². The van der Waals surface area contributed by atoms with Crippen molar-refractivity contribution in [2.45, 2.75) is 51.1 Å². The SMILES string of the molecule is COC(=O)c1ccc(NC(=O)C2CC3CCCCC3N2)cc1C.Cl. The molecule has 1 heterocycles. The second-order valence-corrected chi connectivity index (χ2v) is 6.62. The first-order chi connectivity index (χ1) is 11.1. The van der Waals surface area contributed by atoms with Gasteiger partial charge in [0.05, 0.1) is 18.7 Å². The van der Waals surface area contributed by atoms with Crippen molar-refractivity contribution in [2.24, 2.45) is 5.92 Å². The molecule has 1 aromatic rings. The van der Waals surface area contributed by atoms with Crippen molar-refractivity contribution in [1.82, 2.24) is 5.32 Å². The normalized spacial score (nSPS) is 25.3. The van der Waals surface area contributed by atoms with Gasteiger partial charge in [0, 0.05) is 11.7 Å². The molecular weight excluding hydrogens is 328 g/mol. The van der Waals surface area contributed by atoms with Gasteiger partial charge in [-0.25, -0.2) is 4.79 Å². The fourth-order valence-electron chi connectivity index (χ4n) is 3.83. The van der Waals surface area contributed by atoms with Crippen molar-refractivity contribution >= 4 is 30.0 Å². The largest absolute Gasteiger partial charge is 0.465 e. The lowest BCUT2D eigenvalue weighted by atomic mass is 9.85. The first kappa shape index (κ1) is 18.7. The molecule has 5 nitrogen and oxygen atoms in total. The van der Waals surface area contributed by atoms with Gasteiger partial charge in [-0.2, -0.15) is 0 Å². The van der Waals surface area contributed by atoms with Crippen LogP contribution in [0.25, 0.3) is 0 Å². The van der Waals surface area contributed by atoms with Crippen molar-refractivity contribution in [3.8, 4) is 0 Å². The van der Waals surface area contributed by atoms with Crippen LogP contribution in [0.4, 0.5) is 5.69 Å². The number of aryl methyl sites for hydroxylation is 1. The number of anilines is 1. The van der Waals surface area contributed by atoms with Gasteiger partial charge in [0.25, 0.3) is 0 Å². The van der Waals surface area contributed by atoms with Crippen LogP contribution in [0.1, 0.15) is 48.0 Å². The van der Waals surface area contributed by atoms with Crippen LogP contribution in [0.5, 0.6) is 0 Å². The van der Waals surface area contributed by atoms with Crippen LogP contribution in [0.2, 0.25) is 0 Å². The van der Waals surface area contributed by atoms with E-state index in [1.807, 2.05) is 13.0 Å². The first-order valence-electron chi connectivity index (χ1n) is 8.34. The Kier molecular flexibility index (Phi) is 6.24. The van der Waals surface area contributed by atoms with E-state index in [0.29, 0.717) is 17.5 Å². The van der Waals surface area contributed by atoms with Gasteiger partial charge in [-0.05, 0) is 55.9 Å². The van der Waals surface area contributed by atoms with Crippen molar-refractivity contribution in [3.05, 3.63) is 29.3 Å². The highest BCUT2D eigenvalue weighted by atomic mass is 35.5. The maximum Gasteiger partial charge on any atom is 0.338 e. The molecule has 0 aromatic heterocycles. The van der Waals surface area contributed by atoms with E-state index in [9.17, 15) is 9.59 Å². The molecule has 1 aliphatic heterocycles. The monoisotopic (exact) mass is 352 g/mol. The van der Waals surface area contributed by atoms with Gasteiger partial charge in [-0.15, -0.1) is 12.4 Å². The zero-order chi connectivity index (χ0) is 16.4. The summed E-state index contributed by atoms with van der Waals surface area (Å²) in [5, 5.41) is 6.45. The Hall–Kier alpha value is -1.59. The summed E-state index contributed by atoms with van der Waals surface area (Å²) in [6, 6.07) is 5.65. The number of fused-ring (bicyclic) bond motifs is 1. The highest BCUT2D eigenvalue weighted by molar-refractivity contribution is 5.96. The summed E-state index contributed by atoms with van der Waals surface area (Å²) < 4.78 is 4.74. The molecule has 1 saturated carbocycles. The minimum absolute atomic E-state index is 0. The third-order valence-electron chi connectivity index (χ3n) is 5.08. The Morgan fingerprint density at radius 1 is 1.25 bits per heavy atom. The Labute approximate surface area is 148 Å². The molecule has 2 aliphatic rings. The van der Waals surface area contributed by atoms with E-state index in [0.717, 1.165) is 17.7 Å². The van der Waals surface area contributed by atoms with E-state index in [2.05, 4.69) is 10.6 Å². The van der Waals surface area contributed by atoms with E-state index >= 15 is 0 Å². The summed E-state index contributed by atoms with van der Waals surface area (Å²) in [6.07, 6.45) is 5.88. The number of amides is 1. The number of hydrogen-bond donors (Lipinski definition) is 2. The number of ether oxygens (including phenoxy) is 1. The molecule has 0 radical (unpaired) electrons. The van der Waals surface area contributed by atoms with Crippen LogP contribution in [0, 0.1) is 12.8 Å². The number of rotatable bonds is 3. The Balaban J connectivity index is 0.00000208. The Bertz CT molecular complexity index is 606. The van der Waals surface area contributed by atoms with Gasteiger partial charge in [0.15, 0.2) is 0 Å². The maximum absolute atomic E-state index is 12.5.